The van der Waals surface area contributed by atoms with Crippen LogP contribution in [0.5, 0.6) is 0 Å². The molecule has 2 amide bonds. The molecule has 2 aromatic rings. The molecule has 0 spiro atoms. The Labute approximate surface area is 129 Å². The molecule has 2 N–H and O–H groups in total. The molecule has 0 saturated heterocycles. The number of nitrogens with one attached hydrogen (secondary N) is 2. The average molecular weight is 351 g/mol. The lowest BCUT2D eigenvalue weighted by atomic mass is 10.2. The van der Waals surface area contributed by atoms with Gasteiger partial charge in [0, 0.05) is 23.9 Å². The second-order valence-corrected chi connectivity index (χ2v) is 5.20. The van der Waals surface area contributed by atoms with Crippen LogP contribution in [0.2, 0.25) is 0 Å². The first kappa shape index (κ1) is 15.2. The minimum Gasteiger partial charge on any atom is -0.326 e. The monoisotopic (exact) mass is 350 g/mol. The van der Waals surface area contributed by atoms with Gasteiger partial charge >= 0.3 is 0 Å². The van der Waals surface area contributed by atoms with Gasteiger partial charge in [-0.1, -0.05) is 6.07 Å². The lowest BCUT2D eigenvalue weighted by molar-refractivity contribution is -0.114. The van der Waals surface area contributed by atoms with Crippen molar-refractivity contribution < 1.29 is 14.0 Å². The SMILES string of the molecule is CC(=O)Nc1cccc(NC(=O)c2ccc(F)c(Br)c2)c1. The molecular weight excluding hydrogens is 339 g/mol. The third-order valence-electron chi connectivity index (χ3n) is 2.62. The van der Waals surface area contributed by atoms with Gasteiger partial charge in [0.05, 0.1) is 4.47 Å². The summed E-state index contributed by atoms with van der Waals surface area (Å²) in [5.74, 6) is -0.990. The molecule has 2 rings (SSSR count). The van der Waals surface area contributed by atoms with Gasteiger partial charge < -0.3 is 10.6 Å². The zero-order valence-corrected chi connectivity index (χ0v) is 12.7. The van der Waals surface area contributed by atoms with E-state index in [0.29, 0.717) is 16.9 Å². The molecule has 4 nitrogen and oxygen atoms in total. The topological polar surface area (TPSA) is 58.2 Å². The van der Waals surface area contributed by atoms with E-state index >= 15 is 0 Å². The summed E-state index contributed by atoms with van der Waals surface area (Å²) in [6.07, 6.45) is 0. The first-order chi connectivity index (χ1) is 9.95. The lowest BCUT2D eigenvalue weighted by Gasteiger charge is -2.08. The lowest BCUT2D eigenvalue weighted by Crippen LogP contribution is -2.12. The Morgan fingerprint density at radius 3 is 2.33 bits per heavy atom. The number of hydrogen-bond donors (Lipinski definition) is 2. The van der Waals surface area contributed by atoms with Crippen LogP contribution in [0.25, 0.3) is 0 Å². The van der Waals surface area contributed by atoms with Crippen LogP contribution in [0.3, 0.4) is 0 Å². The van der Waals surface area contributed by atoms with Crippen LogP contribution in [0, 0.1) is 5.82 Å². The summed E-state index contributed by atoms with van der Waals surface area (Å²) in [6.45, 7) is 1.40. The highest BCUT2D eigenvalue weighted by Gasteiger charge is 2.09. The molecule has 0 fully saturated rings. The van der Waals surface area contributed by atoms with E-state index in [2.05, 4.69) is 26.6 Å². The second kappa shape index (κ2) is 6.49. The molecule has 2 aromatic carbocycles. The largest absolute Gasteiger partial charge is 0.326 e. The molecule has 0 aliphatic carbocycles. The summed E-state index contributed by atoms with van der Waals surface area (Å²) < 4.78 is 13.4. The fourth-order valence-corrected chi connectivity index (χ4v) is 2.10. The van der Waals surface area contributed by atoms with Crippen LogP contribution in [0.15, 0.2) is 46.9 Å². The predicted molar refractivity (Wildman–Crippen MR) is 82.8 cm³/mol. The fraction of sp³-hybridized carbons (Fsp3) is 0.0667. The van der Waals surface area contributed by atoms with Gasteiger partial charge in [0.25, 0.3) is 5.91 Å². The third kappa shape index (κ3) is 4.13. The summed E-state index contributed by atoms with van der Waals surface area (Å²) in [6, 6.07) is 10.8. The molecule has 0 radical (unpaired) electrons. The molecule has 0 saturated carbocycles. The molecule has 6 heteroatoms. The van der Waals surface area contributed by atoms with Crippen molar-refractivity contribution in [2.75, 3.05) is 10.6 Å². The maximum absolute atomic E-state index is 13.1. The van der Waals surface area contributed by atoms with E-state index in [1.807, 2.05) is 0 Å². The van der Waals surface area contributed by atoms with Crippen LogP contribution in [0.4, 0.5) is 15.8 Å². The summed E-state index contributed by atoms with van der Waals surface area (Å²) >= 11 is 3.04. The van der Waals surface area contributed by atoms with Crippen molar-refractivity contribution in [3.8, 4) is 0 Å². The number of benzene rings is 2. The zero-order valence-electron chi connectivity index (χ0n) is 11.1. The molecule has 21 heavy (non-hydrogen) atoms. The minimum atomic E-state index is -0.431. The molecule has 0 atom stereocenters. The van der Waals surface area contributed by atoms with Crippen LogP contribution < -0.4 is 10.6 Å². The van der Waals surface area contributed by atoms with E-state index < -0.39 is 5.82 Å². The highest BCUT2D eigenvalue weighted by atomic mass is 79.9. The quantitative estimate of drug-likeness (QED) is 0.884. The molecular formula is C15H12BrFN2O2. The maximum Gasteiger partial charge on any atom is 0.255 e. The Balaban J connectivity index is 2.15. The Morgan fingerprint density at radius 1 is 1.05 bits per heavy atom. The zero-order chi connectivity index (χ0) is 15.4. The molecule has 0 bridgehead atoms. The normalized spacial score (nSPS) is 10.0. The van der Waals surface area contributed by atoms with Gasteiger partial charge in [-0.05, 0) is 52.3 Å². The maximum atomic E-state index is 13.1. The summed E-state index contributed by atoms with van der Waals surface area (Å²) in [5.41, 5.74) is 1.44. The van der Waals surface area contributed by atoms with Crippen molar-refractivity contribution in [2.24, 2.45) is 0 Å². The molecule has 108 valence electrons. The number of carbonyl (C=O) groups is 2. The van der Waals surface area contributed by atoms with Gasteiger partial charge in [-0.25, -0.2) is 4.39 Å². The number of rotatable bonds is 3. The summed E-state index contributed by atoms with van der Waals surface area (Å²) in [4.78, 5) is 23.1. The molecule has 0 aliphatic rings. The number of carbonyl (C=O) groups excluding carboxylic acids is 2. The van der Waals surface area contributed by atoms with E-state index in [9.17, 15) is 14.0 Å². The van der Waals surface area contributed by atoms with Crippen molar-refractivity contribution in [2.45, 2.75) is 6.92 Å². The van der Waals surface area contributed by atoms with Gasteiger partial charge in [-0.15, -0.1) is 0 Å². The highest BCUT2D eigenvalue weighted by Crippen LogP contribution is 2.19. The van der Waals surface area contributed by atoms with E-state index in [-0.39, 0.29) is 16.3 Å². The first-order valence-electron chi connectivity index (χ1n) is 6.10. The number of anilines is 2. The predicted octanol–water partition coefficient (Wildman–Crippen LogP) is 3.80. The third-order valence-corrected chi connectivity index (χ3v) is 3.23. The molecule has 0 aromatic heterocycles. The number of amides is 2. The van der Waals surface area contributed by atoms with Crippen LogP contribution in [-0.2, 0) is 4.79 Å². The van der Waals surface area contributed by atoms with Crippen LogP contribution in [0.1, 0.15) is 17.3 Å². The van der Waals surface area contributed by atoms with Crippen molar-refractivity contribution in [1.29, 1.82) is 0 Å². The van der Waals surface area contributed by atoms with Crippen LogP contribution >= 0.6 is 15.9 Å². The average Bonchev–Trinajstić information content (AvgIpc) is 2.41. The smallest absolute Gasteiger partial charge is 0.255 e. The Bertz CT molecular complexity index is 704. The van der Waals surface area contributed by atoms with Crippen molar-refractivity contribution >= 4 is 39.1 Å². The summed E-state index contributed by atoms with van der Waals surface area (Å²) in [5, 5.41) is 5.31. The van der Waals surface area contributed by atoms with Gasteiger partial charge in [0.1, 0.15) is 5.82 Å². The Morgan fingerprint density at radius 2 is 1.71 bits per heavy atom. The van der Waals surface area contributed by atoms with E-state index in [4.69, 9.17) is 0 Å². The van der Waals surface area contributed by atoms with E-state index in [1.165, 1.54) is 25.1 Å². The van der Waals surface area contributed by atoms with Crippen molar-refractivity contribution in [3.63, 3.8) is 0 Å². The molecule has 0 heterocycles. The Hall–Kier alpha value is -2.21. The van der Waals surface area contributed by atoms with Crippen molar-refractivity contribution in [3.05, 3.63) is 58.3 Å². The van der Waals surface area contributed by atoms with Gasteiger partial charge in [0.15, 0.2) is 0 Å². The molecule has 0 aliphatic heterocycles. The second-order valence-electron chi connectivity index (χ2n) is 4.35. The van der Waals surface area contributed by atoms with Gasteiger partial charge in [-0.3, -0.25) is 9.59 Å². The number of hydrogen-bond acceptors (Lipinski definition) is 2. The Kier molecular flexibility index (Phi) is 4.70. The standard InChI is InChI=1S/C15H12BrFN2O2/c1-9(20)18-11-3-2-4-12(8-11)19-15(21)10-5-6-14(17)13(16)7-10/h2-8H,1H3,(H,18,20)(H,19,21). The van der Waals surface area contributed by atoms with Crippen molar-refractivity contribution in [1.82, 2.24) is 0 Å². The van der Waals surface area contributed by atoms with Gasteiger partial charge in [-0.2, -0.15) is 0 Å². The number of halogens is 2. The first-order valence-corrected chi connectivity index (χ1v) is 6.89. The van der Waals surface area contributed by atoms with Gasteiger partial charge in [0.2, 0.25) is 5.91 Å². The van der Waals surface area contributed by atoms with E-state index in [1.54, 1.807) is 24.3 Å². The summed E-state index contributed by atoms with van der Waals surface area (Å²) in [7, 11) is 0. The highest BCUT2D eigenvalue weighted by molar-refractivity contribution is 9.10. The van der Waals surface area contributed by atoms with Crippen LogP contribution in [-0.4, -0.2) is 11.8 Å². The fourth-order valence-electron chi connectivity index (χ4n) is 1.72. The van der Waals surface area contributed by atoms with E-state index in [0.717, 1.165) is 0 Å². The molecule has 0 unspecified atom stereocenters. The minimum absolute atomic E-state index is 0.194.